The van der Waals surface area contributed by atoms with Crippen molar-refractivity contribution < 1.29 is 14.3 Å². The SMILES string of the molecule is COC1=CC2=CC(=O)[C@@]3(C)CCC[C@@]23c2cc(OC)ccc21. The molecule has 1 saturated carbocycles. The Hall–Kier alpha value is -2.03. The predicted octanol–water partition coefficient (Wildman–Crippen LogP) is 3.63. The molecule has 2 atom stereocenters. The molecule has 0 amide bonds. The third-order valence-corrected chi connectivity index (χ3v) is 5.95. The van der Waals surface area contributed by atoms with Crippen molar-refractivity contribution in [2.24, 2.45) is 5.41 Å². The van der Waals surface area contributed by atoms with Gasteiger partial charge in [0.2, 0.25) is 0 Å². The summed E-state index contributed by atoms with van der Waals surface area (Å²) in [5.74, 6) is 1.92. The highest BCUT2D eigenvalue weighted by atomic mass is 16.5. The molecule has 114 valence electrons. The fourth-order valence-electron chi connectivity index (χ4n) is 4.77. The topological polar surface area (TPSA) is 35.5 Å². The van der Waals surface area contributed by atoms with Crippen molar-refractivity contribution in [3.63, 3.8) is 0 Å². The normalized spacial score (nSPS) is 31.9. The van der Waals surface area contributed by atoms with E-state index in [-0.39, 0.29) is 16.6 Å². The first-order chi connectivity index (χ1) is 10.6. The summed E-state index contributed by atoms with van der Waals surface area (Å²) in [6.45, 7) is 2.13. The van der Waals surface area contributed by atoms with Gasteiger partial charge in [-0.15, -0.1) is 0 Å². The van der Waals surface area contributed by atoms with Crippen molar-refractivity contribution in [1.82, 2.24) is 0 Å². The molecule has 0 aliphatic heterocycles. The molecule has 0 aromatic heterocycles. The number of methoxy groups -OCH3 is 2. The molecule has 3 aliphatic carbocycles. The molecular weight excluding hydrogens is 276 g/mol. The number of carbonyl (C=O) groups is 1. The highest BCUT2D eigenvalue weighted by Gasteiger charge is 2.63. The van der Waals surface area contributed by atoms with Crippen LogP contribution in [-0.4, -0.2) is 20.0 Å². The van der Waals surface area contributed by atoms with Crippen LogP contribution >= 0.6 is 0 Å². The van der Waals surface area contributed by atoms with Crippen LogP contribution in [-0.2, 0) is 14.9 Å². The van der Waals surface area contributed by atoms with Crippen molar-refractivity contribution in [2.75, 3.05) is 14.2 Å². The maximum absolute atomic E-state index is 12.7. The maximum atomic E-state index is 12.7. The van der Waals surface area contributed by atoms with E-state index in [1.807, 2.05) is 12.1 Å². The fraction of sp³-hybridized carbons (Fsp3) is 0.421. The second-order valence-electron chi connectivity index (χ2n) is 6.68. The second kappa shape index (κ2) is 4.25. The van der Waals surface area contributed by atoms with E-state index in [0.29, 0.717) is 0 Å². The lowest BCUT2D eigenvalue weighted by Crippen LogP contribution is -2.42. The van der Waals surface area contributed by atoms with Gasteiger partial charge in [-0.25, -0.2) is 0 Å². The summed E-state index contributed by atoms with van der Waals surface area (Å²) in [7, 11) is 3.36. The van der Waals surface area contributed by atoms with E-state index >= 15 is 0 Å². The number of fused-ring (bicyclic) bond motifs is 1. The number of hydrogen-bond acceptors (Lipinski definition) is 3. The van der Waals surface area contributed by atoms with Gasteiger partial charge in [-0.3, -0.25) is 4.79 Å². The molecule has 3 aliphatic rings. The zero-order valence-corrected chi connectivity index (χ0v) is 13.2. The maximum Gasteiger partial charge on any atom is 0.163 e. The molecule has 3 heteroatoms. The van der Waals surface area contributed by atoms with Crippen LogP contribution in [0.25, 0.3) is 5.76 Å². The Morgan fingerprint density at radius 1 is 1.09 bits per heavy atom. The number of rotatable bonds is 2. The van der Waals surface area contributed by atoms with Gasteiger partial charge in [0.25, 0.3) is 0 Å². The molecule has 0 heterocycles. The lowest BCUT2D eigenvalue weighted by atomic mass is 9.59. The monoisotopic (exact) mass is 296 g/mol. The number of ketones is 1. The minimum Gasteiger partial charge on any atom is -0.497 e. The van der Waals surface area contributed by atoms with Gasteiger partial charge in [-0.05, 0) is 54.3 Å². The standard InChI is InChI=1S/C19H20O3/c1-18-7-4-8-19(18)12(10-17(18)20)9-16(22-3)14-6-5-13(21-2)11-15(14)19/h5-6,9-11H,4,7-8H2,1-3H3/t18-,19+/m1/s1. The van der Waals surface area contributed by atoms with Crippen LogP contribution in [0.1, 0.15) is 37.3 Å². The van der Waals surface area contributed by atoms with Gasteiger partial charge < -0.3 is 9.47 Å². The highest BCUT2D eigenvalue weighted by Crippen LogP contribution is 2.65. The second-order valence-corrected chi connectivity index (χ2v) is 6.68. The molecule has 4 rings (SSSR count). The molecule has 1 fully saturated rings. The largest absolute Gasteiger partial charge is 0.497 e. The summed E-state index contributed by atoms with van der Waals surface area (Å²) in [4.78, 5) is 12.7. The van der Waals surface area contributed by atoms with Crippen molar-refractivity contribution in [3.8, 4) is 5.75 Å². The first-order valence-electron chi connectivity index (χ1n) is 7.78. The van der Waals surface area contributed by atoms with E-state index in [1.165, 1.54) is 5.56 Å². The van der Waals surface area contributed by atoms with Crippen molar-refractivity contribution in [3.05, 3.63) is 47.1 Å². The van der Waals surface area contributed by atoms with E-state index in [4.69, 9.17) is 9.47 Å². The Balaban J connectivity index is 2.06. The minimum atomic E-state index is -0.334. The van der Waals surface area contributed by atoms with E-state index in [9.17, 15) is 4.79 Å². The summed E-state index contributed by atoms with van der Waals surface area (Å²) >= 11 is 0. The molecule has 1 aromatic rings. The van der Waals surface area contributed by atoms with E-state index in [0.717, 1.165) is 41.9 Å². The van der Waals surface area contributed by atoms with Crippen LogP contribution in [0.2, 0.25) is 0 Å². The zero-order valence-electron chi connectivity index (χ0n) is 13.2. The molecule has 0 bridgehead atoms. The number of carbonyl (C=O) groups excluding carboxylic acids is 1. The van der Waals surface area contributed by atoms with E-state index < -0.39 is 0 Å². The zero-order chi connectivity index (χ0) is 15.5. The van der Waals surface area contributed by atoms with E-state index in [2.05, 4.69) is 25.1 Å². The Morgan fingerprint density at radius 2 is 1.91 bits per heavy atom. The van der Waals surface area contributed by atoms with Crippen molar-refractivity contribution >= 4 is 11.5 Å². The Morgan fingerprint density at radius 3 is 2.64 bits per heavy atom. The van der Waals surface area contributed by atoms with Gasteiger partial charge in [0.1, 0.15) is 11.5 Å². The van der Waals surface area contributed by atoms with Crippen LogP contribution < -0.4 is 4.74 Å². The summed E-state index contributed by atoms with van der Waals surface area (Å²) in [5, 5.41) is 0. The quantitative estimate of drug-likeness (QED) is 0.836. The van der Waals surface area contributed by atoms with Crippen LogP contribution in [0, 0.1) is 5.41 Å². The van der Waals surface area contributed by atoms with Gasteiger partial charge >= 0.3 is 0 Å². The molecule has 1 spiro atoms. The predicted molar refractivity (Wildman–Crippen MR) is 84.7 cm³/mol. The first-order valence-corrected chi connectivity index (χ1v) is 7.78. The smallest absolute Gasteiger partial charge is 0.163 e. The van der Waals surface area contributed by atoms with Gasteiger partial charge in [-0.2, -0.15) is 0 Å². The van der Waals surface area contributed by atoms with Crippen LogP contribution in [0.15, 0.2) is 35.9 Å². The van der Waals surface area contributed by atoms with Gasteiger partial charge in [0.15, 0.2) is 5.78 Å². The minimum absolute atomic E-state index is 0.212. The number of ether oxygens (including phenoxy) is 2. The van der Waals surface area contributed by atoms with Gasteiger partial charge in [0.05, 0.1) is 14.2 Å². The van der Waals surface area contributed by atoms with E-state index in [1.54, 1.807) is 14.2 Å². The summed E-state index contributed by atoms with van der Waals surface area (Å²) in [5.41, 5.74) is 2.83. The Bertz CT molecular complexity index is 743. The third kappa shape index (κ3) is 1.35. The molecule has 22 heavy (non-hydrogen) atoms. The first kappa shape index (κ1) is 13.6. The van der Waals surface area contributed by atoms with Gasteiger partial charge in [-0.1, -0.05) is 13.3 Å². The van der Waals surface area contributed by atoms with Crippen LogP contribution in [0.5, 0.6) is 5.75 Å². The Kier molecular flexibility index (Phi) is 2.63. The average Bonchev–Trinajstić information content (AvgIpc) is 2.98. The molecule has 3 nitrogen and oxygen atoms in total. The third-order valence-electron chi connectivity index (χ3n) is 5.95. The number of benzene rings is 1. The molecule has 0 unspecified atom stereocenters. The van der Waals surface area contributed by atoms with Crippen molar-refractivity contribution in [2.45, 2.75) is 31.6 Å². The number of hydrogen-bond donors (Lipinski definition) is 0. The van der Waals surface area contributed by atoms with Crippen molar-refractivity contribution in [1.29, 1.82) is 0 Å². The number of allylic oxidation sites excluding steroid dienone is 3. The van der Waals surface area contributed by atoms with Crippen LogP contribution in [0.3, 0.4) is 0 Å². The van der Waals surface area contributed by atoms with Crippen LogP contribution in [0.4, 0.5) is 0 Å². The molecule has 0 N–H and O–H groups in total. The molecular formula is C19H20O3. The Labute approximate surface area is 130 Å². The molecule has 0 radical (unpaired) electrons. The lowest BCUT2D eigenvalue weighted by Gasteiger charge is -2.43. The molecule has 1 aromatic carbocycles. The lowest BCUT2D eigenvalue weighted by molar-refractivity contribution is -0.123. The summed E-state index contributed by atoms with van der Waals surface area (Å²) in [6.07, 6.45) is 6.92. The average molecular weight is 296 g/mol. The van der Waals surface area contributed by atoms with Gasteiger partial charge in [0, 0.05) is 16.4 Å². The highest BCUT2D eigenvalue weighted by molar-refractivity contribution is 6.03. The summed E-state index contributed by atoms with van der Waals surface area (Å²) < 4.78 is 11.0. The summed E-state index contributed by atoms with van der Waals surface area (Å²) in [6, 6.07) is 6.11. The fourth-order valence-corrected chi connectivity index (χ4v) is 4.77. The molecule has 0 saturated heterocycles.